The summed E-state index contributed by atoms with van der Waals surface area (Å²) in [6, 6.07) is 5.14. The number of nitrogens with zero attached hydrogens (tertiary/aromatic N) is 1. The number of carbonyl (C=O) groups excluding carboxylic acids is 2. The van der Waals surface area contributed by atoms with E-state index in [0.29, 0.717) is 24.4 Å². The zero-order chi connectivity index (χ0) is 14.0. The van der Waals surface area contributed by atoms with Crippen molar-refractivity contribution in [1.29, 1.82) is 0 Å². The maximum Gasteiger partial charge on any atom is 0.314 e. The fourth-order valence-corrected chi connectivity index (χ4v) is 1.82. The molecule has 3 amide bonds. The minimum atomic E-state index is -0.473. The van der Waals surface area contributed by atoms with Crippen LogP contribution in [0.4, 0.5) is 10.5 Å². The van der Waals surface area contributed by atoms with Crippen LogP contribution >= 0.6 is 0 Å². The number of nitrogens with two attached hydrogens (primary N) is 1. The van der Waals surface area contributed by atoms with E-state index in [2.05, 4.69) is 5.32 Å². The zero-order valence-corrected chi connectivity index (χ0v) is 11.0. The quantitative estimate of drug-likeness (QED) is 0.851. The first-order valence-electron chi connectivity index (χ1n) is 6.08. The first kappa shape index (κ1) is 13.2. The topological polar surface area (TPSA) is 84.7 Å². The highest BCUT2D eigenvalue weighted by atomic mass is 16.5. The van der Waals surface area contributed by atoms with Gasteiger partial charge in [0.2, 0.25) is 0 Å². The number of fused-ring (bicyclic) bond motifs is 1. The third kappa shape index (κ3) is 2.96. The number of carbonyl (C=O) groups is 2. The van der Waals surface area contributed by atoms with Gasteiger partial charge in [-0.1, -0.05) is 6.07 Å². The average molecular weight is 263 g/mol. The maximum atomic E-state index is 11.5. The molecule has 1 aromatic carbocycles. The summed E-state index contributed by atoms with van der Waals surface area (Å²) >= 11 is 0. The van der Waals surface area contributed by atoms with Crippen LogP contribution in [0.1, 0.15) is 12.5 Å². The summed E-state index contributed by atoms with van der Waals surface area (Å²) in [4.78, 5) is 23.9. The Bertz CT molecular complexity index is 516. The second kappa shape index (κ2) is 5.17. The molecule has 0 saturated heterocycles. The molecule has 1 unspecified atom stereocenters. The van der Waals surface area contributed by atoms with Crippen LogP contribution < -0.4 is 15.8 Å². The van der Waals surface area contributed by atoms with Crippen LogP contribution in [0.2, 0.25) is 0 Å². The molecule has 0 spiro atoms. The van der Waals surface area contributed by atoms with Gasteiger partial charge in [0.25, 0.3) is 5.91 Å². The normalized spacial score (nSPS) is 17.2. The number of anilines is 1. The zero-order valence-electron chi connectivity index (χ0n) is 11.0. The van der Waals surface area contributed by atoms with Gasteiger partial charge in [-0.2, -0.15) is 0 Å². The van der Waals surface area contributed by atoms with Crippen molar-refractivity contribution in [2.75, 3.05) is 18.9 Å². The van der Waals surface area contributed by atoms with Crippen molar-refractivity contribution in [3.63, 3.8) is 0 Å². The molecule has 1 atom stereocenters. The highest BCUT2D eigenvalue weighted by Crippen LogP contribution is 2.30. The molecule has 2 rings (SSSR count). The van der Waals surface area contributed by atoms with Crippen LogP contribution in [0.25, 0.3) is 0 Å². The fourth-order valence-electron chi connectivity index (χ4n) is 1.82. The van der Waals surface area contributed by atoms with E-state index in [-0.39, 0.29) is 5.91 Å². The van der Waals surface area contributed by atoms with Gasteiger partial charge >= 0.3 is 6.03 Å². The number of likely N-dealkylation sites (N-methyl/N-ethyl adjacent to an activating group) is 1. The molecule has 0 fully saturated rings. The predicted octanol–water partition coefficient (Wildman–Crippen LogP) is 0.959. The van der Waals surface area contributed by atoms with Crippen LogP contribution in [0.15, 0.2) is 18.2 Å². The Labute approximate surface area is 111 Å². The molecule has 0 aromatic heterocycles. The molecule has 3 N–H and O–H groups in total. The van der Waals surface area contributed by atoms with Gasteiger partial charge in [-0.05, 0) is 31.0 Å². The lowest BCUT2D eigenvalue weighted by atomic mass is 10.1. The number of hydrogen-bond acceptors (Lipinski definition) is 3. The molecule has 0 saturated carbocycles. The Morgan fingerprint density at radius 2 is 2.26 bits per heavy atom. The van der Waals surface area contributed by atoms with Gasteiger partial charge in [0.1, 0.15) is 5.75 Å². The van der Waals surface area contributed by atoms with Crippen LogP contribution in [0.3, 0.4) is 0 Å². The number of ether oxygens (including phenoxy) is 1. The van der Waals surface area contributed by atoms with Crippen molar-refractivity contribution >= 4 is 17.6 Å². The largest absolute Gasteiger partial charge is 0.479 e. The molecule has 6 heteroatoms. The predicted molar refractivity (Wildman–Crippen MR) is 71.1 cm³/mol. The number of hydrogen-bond donors (Lipinski definition) is 2. The molecule has 0 bridgehead atoms. The molecular formula is C13H17N3O3. The summed E-state index contributed by atoms with van der Waals surface area (Å²) in [6.45, 7) is 2.23. The summed E-state index contributed by atoms with van der Waals surface area (Å²) < 4.78 is 5.47. The fraction of sp³-hybridized carbons (Fsp3) is 0.385. The number of nitrogens with one attached hydrogen (secondary N) is 1. The van der Waals surface area contributed by atoms with Crippen molar-refractivity contribution in [2.45, 2.75) is 19.4 Å². The summed E-state index contributed by atoms with van der Waals surface area (Å²) in [5.41, 5.74) is 6.83. The van der Waals surface area contributed by atoms with Gasteiger partial charge in [-0.3, -0.25) is 4.79 Å². The molecule has 0 radical (unpaired) electrons. The van der Waals surface area contributed by atoms with Crippen LogP contribution in [-0.2, 0) is 11.2 Å². The Balaban J connectivity index is 2.07. The van der Waals surface area contributed by atoms with Gasteiger partial charge in [0, 0.05) is 13.6 Å². The van der Waals surface area contributed by atoms with E-state index in [1.165, 1.54) is 4.90 Å². The Morgan fingerprint density at radius 1 is 1.53 bits per heavy atom. The van der Waals surface area contributed by atoms with Gasteiger partial charge in [0.15, 0.2) is 6.10 Å². The second-order valence-corrected chi connectivity index (χ2v) is 4.59. The highest BCUT2D eigenvalue weighted by molar-refractivity contribution is 5.97. The molecule has 1 aromatic rings. The summed E-state index contributed by atoms with van der Waals surface area (Å²) in [5, 5.41) is 2.79. The van der Waals surface area contributed by atoms with Crippen molar-refractivity contribution in [3.8, 4) is 5.75 Å². The van der Waals surface area contributed by atoms with E-state index in [1.54, 1.807) is 14.0 Å². The molecular weight excluding hydrogens is 246 g/mol. The summed E-state index contributed by atoms with van der Waals surface area (Å²) in [6.07, 6.45) is 0.192. The number of rotatable bonds is 3. The van der Waals surface area contributed by atoms with Crippen molar-refractivity contribution in [3.05, 3.63) is 23.8 Å². The smallest absolute Gasteiger partial charge is 0.314 e. The number of urea groups is 1. The monoisotopic (exact) mass is 263 g/mol. The third-order valence-corrected chi connectivity index (χ3v) is 3.09. The first-order valence-corrected chi connectivity index (χ1v) is 6.08. The van der Waals surface area contributed by atoms with Gasteiger partial charge in [-0.15, -0.1) is 0 Å². The van der Waals surface area contributed by atoms with Crippen molar-refractivity contribution in [1.82, 2.24) is 4.90 Å². The molecule has 6 nitrogen and oxygen atoms in total. The molecule has 1 aliphatic heterocycles. The van der Waals surface area contributed by atoms with Crippen molar-refractivity contribution in [2.24, 2.45) is 5.73 Å². The lowest BCUT2D eigenvalue weighted by molar-refractivity contribution is -0.122. The molecule has 0 aliphatic carbocycles. The van der Waals surface area contributed by atoms with Crippen LogP contribution in [-0.4, -0.2) is 36.5 Å². The summed E-state index contributed by atoms with van der Waals surface area (Å²) in [5.74, 6) is 0.512. The van der Waals surface area contributed by atoms with E-state index in [9.17, 15) is 9.59 Å². The van der Waals surface area contributed by atoms with Gasteiger partial charge in [-0.25, -0.2) is 4.79 Å². The average Bonchev–Trinajstić information content (AvgIpc) is 2.37. The van der Waals surface area contributed by atoms with Gasteiger partial charge < -0.3 is 20.7 Å². The van der Waals surface area contributed by atoms with E-state index < -0.39 is 12.1 Å². The Kier molecular flexibility index (Phi) is 3.59. The standard InChI is InChI=1S/C13H17N3O3/c1-8-12(17)15-10-7-9(3-4-11(10)19-8)5-6-16(2)13(14)18/h3-4,7-8H,5-6H2,1-2H3,(H2,14,18)(H,15,17). The van der Waals surface area contributed by atoms with E-state index in [4.69, 9.17) is 10.5 Å². The minimum absolute atomic E-state index is 0.154. The highest BCUT2D eigenvalue weighted by Gasteiger charge is 2.23. The van der Waals surface area contributed by atoms with E-state index in [0.717, 1.165) is 5.56 Å². The molecule has 102 valence electrons. The number of amides is 3. The Morgan fingerprint density at radius 3 is 2.95 bits per heavy atom. The number of benzene rings is 1. The maximum absolute atomic E-state index is 11.5. The number of primary amides is 1. The van der Waals surface area contributed by atoms with E-state index in [1.807, 2.05) is 18.2 Å². The van der Waals surface area contributed by atoms with Crippen LogP contribution in [0, 0.1) is 0 Å². The third-order valence-electron chi connectivity index (χ3n) is 3.09. The summed E-state index contributed by atoms with van der Waals surface area (Å²) in [7, 11) is 1.65. The SMILES string of the molecule is CC1Oc2ccc(CCN(C)C(N)=O)cc2NC1=O. The van der Waals surface area contributed by atoms with Gasteiger partial charge in [0.05, 0.1) is 5.69 Å². The lowest BCUT2D eigenvalue weighted by Crippen LogP contribution is -2.34. The van der Waals surface area contributed by atoms with Crippen LogP contribution in [0.5, 0.6) is 5.75 Å². The van der Waals surface area contributed by atoms with Crippen molar-refractivity contribution < 1.29 is 14.3 Å². The molecule has 19 heavy (non-hydrogen) atoms. The van der Waals surface area contributed by atoms with E-state index >= 15 is 0 Å². The lowest BCUT2D eigenvalue weighted by Gasteiger charge is -2.24. The first-order chi connectivity index (χ1) is 8.97. The second-order valence-electron chi connectivity index (χ2n) is 4.59. The minimum Gasteiger partial charge on any atom is -0.479 e. The Hall–Kier alpha value is -2.24. The molecule has 1 aliphatic rings. The molecule has 1 heterocycles.